The molecular weight excluding hydrogens is 1080 g/mol. The van der Waals surface area contributed by atoms with E-state index in [0.29, 0.717) is 11.1 Å². The summed E-state index contributed by atoms with van der Waals surface area (Å²) in [6, 6.07) is 26.6. The highest BCUT2D eigenvalue weighted by Gasteiger charge is 2.11. The smallest absolute Gasteiger partial charge is 0.272 e. The van der Waals surface area contributed by atoms with Crippen LogP contribution >= 0.6 is 49.6 Å². The zero-order valence-corrected chi connectivity index (χ0v) is 49.5. The number of hydrogen-bond donors (Lipinski definition) is 10. The van der Waals surface area contributed by atoms with Crippen molar-refractivity contribution in [3.63, 3.8) is 0 Å². The molecule has 22 heteroatoms. The Morgan fingerprint density at radius 2 is 0.756 bits per heavy atom. The third-order valence-corrected chi connectivity index (χ3v) is 12.1. The average Bonchev–Trinajstić information content (AvgIpc) is 3.36. The number of benzene rings is 5. The van der Waals surface area contributed by atoms with Crippen LogP contribution < -0.4 is 49.7 Å². The van der Waals surface area contributed by atoms with Crippen molar-refractivity contribution in [2.45, 2.75) is 131 Å². The normalized spacial score (nSPS) is 9.86. The van der Waals surface area contributed by atoms with E-state index in [4.69, 9.17) is 28.2 Å². The SMILES string of the molecule is Cc1cc(F)ccc1[N+](=O)[O-].Cc1cc(NCCCCCCCNc2ccc(N)c(C)c2)ccc1N.Cc1cc(NCCCCCCCNc2ccc([N+](=O)[O-])c(C)c2)ccc1NOO.Cl.Cl.Cl.Cl.NCCCCCCCN. The van der Waals surface area contributed by atoms with Crippen molar-refractivity contribution >= 4 is 101 Å². The van der Waals surface area contributed by atoms with E-state index >= 15 is 0 Å². The number of nitro groups is 2. The number of unbranched alkanes of at least 4 members (excludes halogenated alkanes) is 12. The summed E-state index contributed by atoms with van der Waals surface area (Å²) in [5, 5.41) is 43.2. The first-order valence-electron chi connectivity index (χ1n) is 26.0. The number of rotatable bonds is 30. The lowest BCUT2D eigenvalue weighted by Gasteiger charge is -2.10. The van der Waals surface area contributed by atoms with Crippen molar-refractivity contribution in [3.8, 4) is 0 Å². The Hall–Kier alpha value is -5.57. The molecule has 5 aromatic rings. The average molecular weight is 1170 g/mol. The highest BCUT2D eigenvalue weighted by Crippen LogP contribution is 2.23. The van der Waals surface area contributed by atoms with E-state index in [0.717, 1.165) is 133 Å². The van der Waals surface area contributed by atoms with Gasteiger partial charge in [0.05, 0.1) is 15.5 Å². The summed E-state index contributed by atoms with van der Waals surface area (Å²) in [4.78, 5) is 24.1. The Balaban J connectivity index is -0.00000104. The Bertz CT molecular complexity index is 2330. The standard InChI is InChI=1S/C21H30N4O4.C21H32N4.C7H6FNO2.C7H18N2.4ClH/c1-16-14-18(8-10-20(16)24-29-28)22-12-6-4-3-5-7-13-23-19-9-11-21(25(26)27)17(2)15-19;1-16-14-18(8-10-20(16)22)24-12-6-4-3-5-7-13-25-19-9-11-21(23)17(2)15-19;1-5-4-6(8)2-3-7(5)9(10)11;8-6-4-2-1-3-5-7-9;;;;/h8-11,14-15,22-24,28H,3-7,12-13H2,1-2H3;8-11,14-15,24-25H,3-7,12-13,22-23H2,1-2H3;2-4H,1H3;1-9H2;4*1H. The molecule has 0 aliphatic carbocycles. The monoisotopic (exact) mass is 1170 g/mol. The van der Waals surface area contributed by atoms with Gasteiger partial charge in [-0.3, -0.25) is 20.2 Å². The number of nitrogens with two attached hydrogens (primary N) is 4. The summed E-state index contributed by atoms with van der Waals surface area (Å²) in [6.07, 6.45) is 18.1. The summed E-state index contributed by atoms with van der Waals surface area (Å²) in [7, 11) is 0. The predicted octanol–water partition coefficient (Wildman–Crippen LogP) is 15.0. The second-order valence-corrected chi connectivity index (χ2v) is 18.4. The van der Waals surface area contributed by atoms with Crippen LogP contribution in [0.1, 0.15) is 124 Å². The molecule has 0 aromatic heterocycles. The van der Waals surface area contributed by atoms with E-state index in [1.807, 2.05) is 69.3 Å². The largest absolute Gasteiger partial charge is 0.399 e. The first kappa shape index (κ1) is 76.7. The zero-order valence-electron chi connectivity index (χ0n) is 46.2. The molecule has 0 aliphatic heterocycles. The molecule has 0 saturated carbocycles. The van der Waals surface area contributed by atoms with Crippen LogP contribution in [0.5, 0.6) is 0 Å². The van der Waals surface area contributed by atoms with Gasteiger partial charge in [0.25, 0.3) is 11.4 Å². The third-order valence-electron chi connectivity index (χ3n) is 12.1. The highest BCUT2D eigenvalue weighted by molar-refractivity contribution is 5.86. The van der Waals surface area contributed by atoms with Crippen LogP contribution in [-0.2, 0) is 4.99 Å². The minimum atomic E-state index is -0.533. The van der Waals surface area contributed by atoms with Crippen molar-refractivity contribution in [1.82, 2.24) is 0 Å². The Morgan fingerprint density at radius 3 is 1.08 bits per heavy atom. The van der Waals surface area contributed by atoms with Crippen LogP contribution in [0.3, 0.4) is 0 Å². The van der Waals surface area contributed by atoms with Crippen molar-refractivity contribution in [2.24, 2.45) is 11.5 Å². The number of hydrogen-bond acceptors (Lipinski definition) is 15. The van der Waals surface area contributed by atoms with Crippen LogP contribution in [0.15, 0.2) is 91.0 Å². The molecule has 0 saturated heterocycles. The maximum absolute atomic E-state index is 12.4. The van der Waals surface area contributed by atoms with E-state index < -0.39 is 10.7 Å². The molecule has 0 unspecified atom stereocenters. The fourth-order valence-corrected chi connectivity index (χ4v) is 7.61. The van der Waals surface area contributed by atoms with Gasteiger partial charge in [-0.1, -0.05) is 57.8 Å². The number of anilines is 7. The maximum Gasteiger partial charge on any atom is 0.272 e. The number of aryl methyl sites for hydroxylation is 5. The van der Waals surface area contributed by atoms with Crippen molar-refractivity contribution in [1.29, 1.82) is 0 Å². The van der Waals surface area contributed by atoms with E-state index in [2.05, 4.69) is 43.9 Å². The van der Waals surface area contributed by atoms with Crippen molar-refractivity contribution in [2.75, 3.05) is 77.5 Å². The molecule has 0 heterocycles. The second-order valence-electron chi connectivity index (χ2n) is 18.4. The second kappa shape index (κ2) is 46.4. The molecular formula is C56H90Cl4FN11O6. The lowest BCUT2D eigenvalue weighted by molar-refractivity contribution is -0.385. The summed E-state index contributed by atoms with van der Waals surface area (Å²) in [6.45, 7) is 14.8. The number of nitrogen functional groups attached to an aromatic ring is 2. The topological polar surface area (TPSA) is 280 Å². The van der Waals surface area contributed by atoms with E-state index in [1.54, 1.807) is 19.1 Å². The molecule has 0 bridgehead atoms. The Kier molecular flexibility index (Phi) is 45.6. The van der Waals surface area contributed by atoms with Gasteiger partial charge < -0.3 is 44.2 Å². The van der Waals surface area contributed by atoms with Gasteiger partial charge in [0.2, 0.25) is 0 Å². The number of nitrogens with zero attached hydrogens (tertiary/aromatic N) is 2. The lowest BCUT2D eigenvalue weighted by Crippen LogP contribution is -2.04. The van der Waals surface area contributed by atoms with Crippen molar-refractivity contribution in [3.05, 3.63) is 145 Å². The lowest BCUT2D eigenvalue weighted by atomic mass is 10.1. The van der Waals surface area contributed by atoms with Crippen LogP contribution in [-0.4, -0.2) is 54.4 Å². The predicted molar refractivity (Wildman–Crippen MR) is 336 cm³/mol. The van der Waals surface area contributed by atoms with Crippen LogP contribution in [0.25, 0.3) is 0 Å². The van der Waals surface area contributed by atoms with Gasteiger partial charge in [-0.05, 0) is 182 Å². The van der Waals surface area contributed by atoms with Gasteiger partial charge in [-0.2, -0.15) is 0 Å². The quantitative estimate of drug-likeness (QED) is 0.00673. The van der Waals surface area contributed by atoms with Crippen LogP contribution in [0, 0.1) is 60.7 Å². The molecule has 0 amide bonds. The van der Waals surface area contributed by atoms with E-state index in [9.17, 15) is 24.6 Å². The molecule has 0 atom stereocenters. The molecule has 5 aromatic carbocycles. The van der Waals surface area contributed by atoms with Gasteiger partial charge in [-0.25, -0.2) is 15.1 Å². The summed E-state index contributed by atoms with van der Waals surface area (Å²) < 4.78 is 12.4. The third kappa shape index (κ3) is 33.7. The Morgan fingerprint density at radius 1 is 0.449 bits per heavy atom. The minimum Gasteiger partial charge on any atom is -0.399 e. The van der Waals surface area contributed by atoms with Crippen LogP contribution in [0.2, 0.25) is 0 Å². The van der Waals surface area contributed by atoms with Gasteiger partial charge in [-0.15, -0.1) is 54.6 Å². The Labute approximate surface area is 487 Å². The molecule has 0 aliphatic rings. The molecule has 78 heavy (non-hydrogen) atoms. The minimum absolute atomic E-state index is 0. The fourth-order valence-electron chi connectivity index (χ4n) is 7.61. The van der Waals surface area contributed by atoms with Gasteiger partial charge in [0, 0.05) is 83.6 Å². The molecule has 14 N–H and O–H groups in total. The first-order chi connectivity index (χ1) is 35.6. The fraction of sp³-hybridized carbons (Fsp3) is 0.464. The summed E-state index contributed by atoms with van der Waals surface area (Å²) in [5.74, 6) is -0.451. The molecule has 0 spiro atoms. The van der Waals surface area contributed by atoms with E-state index in [1.165, 1.54) is 84.0 Å². The molecule has 0 fully saturated rings. The number of halogens is 5. The van der Waals surface area contributed by atoms with E-state index in [-0.39, 0.29) is 65.9 Å². The zero-order chi connectivity index (χ0) is 54.5. The molecule has 0 radical (unpaired) electrons. The van der Waals surface area contributed by atoms with Crippen molar-refractivity contribution < 1.29 is 24.5 Å². The maximum atomic E-state index is 12.4. The van der Waals surface area contributed by atoms with Gasteiger partial charge >= 0.3 is 0 Å². The molecule has 5 rings (SSSR count). The molecule has 440 valence electrons. The summed E-state index contributed by atoms with van der Waals surface area (Å²) in [5.41, 5.74) is 35.9. The first-order valence-corrected chi connectivity index (χ1v) is 26.0. The van der Waals surface area contributed by atoms with Gasteiger partial charge in [0.15, 0.2) is 0 Å². The van der Waals surface area contributed by atoms with Gasteiger partial charge in [0.1, 0.15) is 5.82 Å². The van der Waals surface area contributed by atoms with Crippen LogP contribution in [0.4, 0.5) is 55.6 Å². The number of nitro benzene ring substituents is 2. The number of nitrogens with one attached hydrogen (secondary N) is 5. The highest BCUT2D eigenvalue weighted by atomic mass is 35.5. The molecule has 17 nitrogen and oxygen atoms in total. The summed E-state index contributed by atoms with van der Waals surface area (Å²) >= 11 is 0.